The van der Waals surface area contributed by atoms with Crippen LogP contribution in [0.5, 0.6) is 5.75 Å². The SMILES string of the molecule is Cc1c(C(N)=O)cc(C(=O)CN2CCN(S(=O)(=O)c3ccc(Cl)cc3)CC2)n1Cc1cccc(OC(F)(F)F)c1. The molecule has 0 atom stereocenters. The van der Waals surface area contributed by atoms with Crippen LogP contribution in [0.3, 0.4) is 0 Å². The average Bonchev–Trinajstić information content (AvgIpc) is 3.20. The maximum absolute atomic E-state index is 13.4. The smallest absolute Gasteiger partial charge is 0.406 e. The largest absolute Gasteiger partial charge is 0.573 e. The Morgan fingerprint density at radius 3 is 2.27 bits per heavy atom. The van der Waals surface area contributed by atoms with Crippen molar-refractivity contribution in [3.8, 4) is 5.75 Å². The molecule has 1 saturated heterocycles. The van der Waals surface area contributed by atoms with Gasteiger partial charge in [0, 0.05) is 43.4 Å². The van der Waals surface area contributed by atoms with Crippen LogP contribution in [0, 0.1) is 6.92 Å². The van der Waals surface area contributed by atoms with Crippen LogP contribution in [0.15, 0.2) is 59.5 Å². The van der Waals surface area contributed by atoms with Crippen LogP contribution in [-0.2, 0) is 16.6 Å². The molecule has 0 bridgehead atoms. The summed E-state index contributed by atoms with van der Waals surface area (Å²) >= 11 is 5.86. The lowest BCUT2D eigenvalue weighted by molar-refractivity contribution is -0.274. The van der Waals surface area contributed by atoms with E-state index in [0.29, 0.717) is 16.3 Å². The van der Waals surface area contributed by atoms with Crippen molar-refractivity contribution in [3.63, 3.8) is 0 Å². The van der Waals surface area contributed by atoms with E-state index >= 15 is 0 Å². The summed E-state index contributed by atoms with van der Waals surface area (Å²) in [6, 6.07) is 12.6. The second-order valence-corrected chi connectivity index (χ2v) is 11.6. The zero-order chi connectivity index (χ0) is 29.2. The van der Waals surface area contributed by atoms with Gasteiger partial charge in [0.1, 0.15) is 5.75 Å². The van der Waals surface area contributed by atoms with Crippen molar-refractivity contribution in [1.82, 2.24) is 13.8 Å². The number of aromatic nitrogens is 1. The van der Waals surface area contributed by atoms with E-state index in [9.17, 15) is 31.2 Å². The van der Waals surface area contributed by atoms with Crippen LogP contribution in [-0.4, -0.2) is 73.0 Å². The van der Waals surface area contributed by atoms with E-state index in [1.807, 2.05) is 0 Å². The lowest BCUT2D eigenvalue weighted by atomic mass is 10.2. The van der Waals surface area contributed by atoms with Crippen molar-refractivity contribution in [2.24, 2.45) is 5.73 Å². The standard InChI is InChI=1S/C26H26ClF3N4O5S/c1-17-22(25(31)36)14-23(34(17)15-18-3-2-4-20(13-18)39-26(28,29)30)24(35)16-32-9-11-33(12-10-32)40(37,38)21-7-5-19(27)6-8-21/h2-8,13-14H,9-12,15-16H2,1H3,(H2,31,36). The molecule has 1 fully saturated rings. The molecule has 14 heteroatoms. The molecule has 4 rings (SSSR count). The van der Waals surface area contributed by atoms with Gasteiger partial charge in [0.25, 0.3) is 5.91 Å². The molecule has 0 unspecified atom stereocenters. The number of nitrogens with zero attached hydrogens (tertiary/aromatic N) is 3. The maximum Gasteiger partial charge on any atom is 0.573 e. The number of amides is 1. The molecule has 2 heterocycles. The van der Waals surface area contributed by atoms with Crippen molar-refractivity contribution in [1.29, 1.82) is 0 Å². The van der Waals surface area contributed by atoms with Crippen LogP contribution in [0.1, 0.15) is 32.1 Å². The minimum Gasteiger partial charge on any atom is -0.406 e. The number of alkyl halides is 3. The van der Waals surface area contributed by atoms with Crippen molar-refractivity contribution < 1.29 is 35.9 Å². The molecule has 3 aromatic rings. The third-order valence-corrected chi connectivity index (χ3v) is 8.71. The molecule has 214 valence electrons. The Labute approximate surface area is 233 Å². The Bertz CT molecular complexity index is 1520. The number of Topliss-reactive ketones (excluding diaryl/α,β-unsaturated/α-hetero) is 1. The molecule has 1 aliphatic rings. The molecule has 1 aliphatic heterocycles. The van der Waals surface area contributed by atoms with Gasteiger partial charge >= 0.3 is 6.36 Å². The van der Waals surface area contributed by atoms with Crippen LogP contribution < -0.4 is 10.5 Å². The summed E-state index contributed by atoms with van der Waals surface area (Å²) < 4.78 is 70.8. The third kappa shape index (κ3) is 6.84. The van der Waals surface area contributed by atoms with Gasteiger partial charge in [-0.15, -0.1) is 13.2 Å². The van der Waals surface area contributed by atoms with E-state index < -0.39 is 28.0 Å². The Morgan fingerprint density at radius 1 is 1.02 bits per heavy atom. The Kier molecular flexibility index (Phi) is 8.59. The average molecular weight is 599 g/mol. The molecule has 0 aliphatic carbocycles. The maximum atomic E-state index is 13.4. The van der Waals surface area contributed by atoms with Crippen molar-refractivity contribution in [2.75, 3.05) is 32.7 Å². The number of rotatable bonds is 9. The molecular weight excluding hydrogens is 573 g/mol. The second-order valence-electron chi connectivity index (χ2n) is 9.23. The normalized spacial score (nSPS) is 15.2. The molecule has 40 heavy (non-hydrogen) atoms. The van der Waals surface area contributed by atoms with Gasteiger partial charge in [-0.1, -0.05) is 23.7 Å². The molecule has 0 saturated carbocycles. The molecule has 0 spiro atoms. The molecule has 0 radical (unpaired) electrons. The van der Waals surface area contributed by atoms with Crippen LogP contribution in [0.2, 0.25) is 5.02 Å². The van der Waals surface area contributed by atoms with E-state index in [0.717, 1.165) is 6.07 Å². The third-order valence-electron chi connectivity index (χ3n) is 6.54. The van der Waals surface area contributed by atoms with Crippen LogP contribution in [0.4, 0.5) is 13.2 Å². The van der Waals surface area contributed by atoms with Gasteiger partial charge < -0.3 is 15.0 Å². The quantitative estimate of drug-likeness (QED) is 0.376. The van der Waals surface area contributed by atoms with E-state index in [1.54, 1.807) is 17.9 Å². The zero-order valence-corrected chi connectivity index (χ0v) is 22.9. The number of halogens is 4. The molecule has 2 N–H and O–H groups in total. The number of piperazine rings is 1. The molecule has 9 nitrogen and oxygen atoms in total. The molecule has 2 aromatic carbocycles. The number of carbonyl (C=O) groups is 2. The van der Waals surface area contributed by atoms with E-state index in [-0.39, 0.29) is 61.2 Å². The van der Waals surface area contributed by atoms with Gasteiger partial charge in [-0.05, 0) is 55.0 Å². The monoisotopic (exact) mass is 598 g/mol. The lowest BCUT2D eigenvalue weighted by Gasteiger charge is -2.33. The van der Waals surface area contributed by atoms with Gasteiger partial charge in [-0.3, -0.25) is 14.5 Å². The van der Waals surface area contributed by atoms with Gasteiger partial charge in [0.15, 0.2) is 5.78 Å². The number of sulfonamides is 1. The predicted molar refractivity (Wildman–Crippen MR) is 141 cm³/mol. The topological polar surface area (TPSA) is 115 Å². The first-order chi connectivity index (χ1) is 18.7. The summed E-state index contributed by atoms with van der Waals surface area (Å²) in [5.74, 6) is -1.52. The summed E-state index contributed by atoms with van der Waals surface area (Å²) in [6.45, 7) is 2.42. The first-order valence-electron chi connectivity index (χ1n) is 12.1. The fourth-order valence-electron chi connectivity index (χ4n) is 4.52. The van der Waals surface area contributed by atoms with Crippen molar-refractivity contribution >= 4 is 33.3 Å². The van der Waals surface area contributed by atoms with Crippen molar-refractivity contribution in [3.05, 3.63) is 82.1 Å². The minimum absolute atomic E-state index is 0.0116. The van der Waals surface area contributed by atoms with Gasteiger partial charge in [0.2, 0.25) is 10.0 Å². The molecule has 1 aromatic heterocycles. The number of hydrogen-bond donors (Lipinski definition) is 1. The van der Waals surface area contributed by atoms with Gasteiger partial charge in [-0.25, -0.2) is 8.42 Å². The first kappa shape index (κ1) is 29.6. The number of ketones is 1. The highest BCUT2D eigenvalue weighted by atomic mass is 35.5. The number of hydrogen-bond acceptors (Lipinski definition) is 6. The van der Waals surface area contributed by atoms with E-state index in [2.05, 4.69) is 4.74 Å². The number of carbonyl (C=O) groups excluding carboxylic acids is 2. The fraction of sp³-hybridized carbons (Fsp3) is 0.308. The Morgan fingerprint density at radius 2 is 1.68 bits per heavy atom. The summed E-state index contributed by atoms with van der Waals surface area (Å²) in [5, 5.41) is 0.420. The van der Waals surface area contributed by atoms with Gasteiger partial charge in [0.05, 0.1) is 22.7 Å². The highest BCUT2D eigenvalue weighted by Crippen LogP contribution is 2.25. The predicted octanol–water partition coefficient (Wildman–Crippen LogP) is 3.68. The fourth-order valence-corrected chi connectivity index (χ4v) is 6.07. The summed E-state index contributed by atoms with van der Waals surface area (Å²) in [4.78, 5) is 27.3. The lowest BCUT2D eigenvalue weighted by Crippen LogP contribution is -2.49. The molecule has 1 amide bonds. The first-order valence-corrected chi connectivity index (χ1v) is 13.9. The zero-order valence-electron chi connectivity index (χ0n) is 21.3. The summed E-state index contributed by atoms with van der Waals surface area (Å²) in [5.41, 5.74) is 6.56. The number of primary amides is 1. The Hall–Kier alpha value is -3.39. The number of benzene rings is 2. The van der Waals surface area contributed by atoms with Crippen LogP contribution in [0.25, 0.3) is 0 Å². The Balaban J connectivity index is 1.49. The van der Waals surface area contributed by atoms with Gasteiger partial charge in [-0.2, -0.15) is 4.31 Å². The van der Waals surface area contributed by atoms with Crippen LogP contribution >= 0.6 is 11.6 Å². The summed E-state index contributed by atoms with van der Waals surface area (Å²) in [6.07, 6.45) is -4.86. The van der Waals surface area contributed by atoms with Crippen molar-refractivity contribution in [2.45, 2.75) is 24.7 Å². The molecular formula is C26H26ClF3N4O5S. The second kappa shape index (κ2) is 11.6. The number of nitrogens with two attached hydrogens (primary N) is 1. The highest BCUT2D eigenvalue weighted by molar-refractivity contribution is 7.89. The summed E-state index contributed by atoms with van der Waals surface area (Å²) in [7, 11) is -3.72. The number of ether oxygens (including phenoxy) is 1. The highest BCUT2D eigenvalue weighted by Gasteiger charge is 2.32. The minimum atomic E-state index is -4.86. The van der Waals surface area contributed by atoms with E-state index in [1.165, 1.54) is 51.3 Å². The van der Waals surface area contributed by atoms with E-state index in [4.69, 9.17) is 17.3 Å².